The molecule has 1 aromatic rings. The van der Waals surface area contributed by atoms with Crippen molar-refractivity contribution in [3.05, 3.63) is 23.8 Å². The normalized spacial score (nSPS) is 14.0. The summed E-state index contributed by atoms with van der Waals surface area (Å²) in [7, 11) is -2.11. The van der Waals surface area contributed by atoms with Gasteiger partial charge in [-0.1, -0.05) is 0 Å². The molecule has 0 heterocycles. The van der Waals surface area contributed by atoms with Crippen LogP contribution in [0.15, 0.2) is 17.0 Å². The lowest BCUT2D eigenvalue weighted by Crippen LogP contribution is -2.35. The van der Waals surface area contributed by atoms with Crippen LogP contribution < -0.4 is 11.1 Å². The molecule has 4 nitrogen and oxygen atoms in total. The lowest BCUT2D eigenvalue weighted by atomic mass is 10.3. The van der Waals surface area contributed by atoms with Crippen molar-refractivity contribution in [3.8, 4) is 0 Å². The highest BCUT2D eigenvalue weighted by Crippen LogP contribution is 2.22. The highest BCUT2D eigenvalue weighted by molar-refractivity contribution is 7.86. The predicted octanol–water partition coefficient (Wildman–Crippen LogP) is 1.18. The Labute approximate surface area is 106 Å². The van der Waals surface area contributed by atoms with Gasteiger partial charge in [0.05, 0.1) is 10.8 Å². The molecule has 100 valence electrons. The van der Waals surface area contributed by atoms with Gasteiger partial charge in [-0.15, -0.1) is 0 Å². The molecule has 0 radical (unpaired) electrons. The van der Waals surface area contributed by atoms with Gasteiger partial charge >= 0.3 is 0 Å². The second-order valence-corrected chi connectivity index (χ2v) is 5.36. The van der Waals surface area contributed by atoms with Crippen molar-refractivity contribution in [2.24, 2.45) is 0 Å². The molecule has 3 N–H and O–H groups in total. The van der Waals surface area contributed by atoms with Gasteiger partial charge in [-0.05, 0) is 26.0 Å². The Bertz CT molecular complexity index is 471. The highest BCUT2D eigenvalue weighted by atomic mass is 32.2. The number of halogens is 2. The molecule has 0 bridgehead atoms. The number of nitrogen functional groups attached to an aromatic ring is 1. The van der Waals surface area contributed by atoms with Crippen LogP contribution in [0.2, 0.25) is 0 Å². The van der Waals surface area contributed by atoms with Crippen LogP contribution in [0.4, 0.5) is 14.5 Å². The fraction of sp³-hybridized carbons (Fsp3) is 0.364. The van der Waals surface area contributed by atoms with Crippen molar-refractivity contribution < 1.29 is 17.8 Å². The number of amides is 1. The Morgan fingerprint density at radius 3 is 2.39 bits per heavy atom. The van der Waals surface area contributed by atoms with Gasteiger partial charge in [0.25, 0.3) is 0 Å². The van der Waals surface area contributed by atoms with Gasteiger partial charge in [-0.2, -0.15) is 0 Å². The van der Waals surface area contributed by atoms with Crippen LogP contribution in [-0.4, -0.2) is 21.9 Å². The van der Waals surface area contributed by atoms with Crippen molar-refractivity contribution in [1.29, 1.82) is 0 Å². The SMILES string of the molecule is CCNC(=O)C(C)S(=O)c1c(F)cc(N)cc1F. The summed E-state index contributed by atoms with van der Waals surface area (Å²) in [4.78, 5) is 10.9. The third-order valence-corrected chi connectivity index (χ3v) is 3.91. The molecule has 0 aromatic heterocycles. The maximum absolute atomic E-state index is 13.5. The first-order chi connectivity index (χ1) is 8.38. The monoisotopic (exact) mass is 276 g/mol. The van der Waals surface area contributed by atoms with E-state index in [1.165, 1.54) is 6.92 Å². The molecule has 0 spiro atoms. The first-order valence-corrected chi connectivity index (χ1v) is 6.52. The third kappa shape index (κ3) is 3.04. The quantitative estimate of drug-likeness (QED) is 0.811. The Kier molecular flexibility index (Phi) is 4.77. The van der Waals surface area contributed by atoms with Gasteiger partial charge < -0.3 is 11.1 Å². The summed E-state index contributed by atoms with van der Waals surface area (Å²) in [6.07, 6.45) is 0. The third-order valence-electron chi connectivity index (χ3n) is 2.26. The van der Waals surface area contributed by atoms with E-state index < -0.39 is 38.5 Å². The number of benzene rings is 1. The Morgan fingerprint density at radius 2 is 1.94 bits per heavy atom. The van der Waals surface area contributed by atoms with Crippen LogP contribution in [0.5, 0.6) is 0 Å². The Balaban J connectivity index is 3.08. The lowest BCUT2D eigenvalue weighted by Gasteiger charge is -2.12. The second kappa shape index (κ2) is 5.90. The molecule has 0 saturated carbocycles. The maximum Gasteiger partial charge on any atom is 0.235 e. The van der Waals surface area contributed by atoms with E-state index >= 15 is 0 Å². The van der Waals surface area contributed by atoms with Gasteiger partial charge in [0.1, 0.15) is 21.8 Å². The molecule has 1 rings (SSSR count). The Morgan fingerprint density at radius 1 is 1.44 bits per heavy atom. The molecule has 0 saturated heterocycles. The number of carbonyl (C=O) groups excluding carboxylic acids is 1. The van der Waals surface area contributed by atoms with Crippen LogP contribution in [-0.2, 0) is 15.6 Å². The van der Waals surface area contributed by atoms with E-state index in [1.54, 1.807) is 6.92 Å². The van der Waals surface area contributed by atoms with E-state index in [1.807, 2.05) is 0 Å². The summed E-state index contributed by atoms with van der Waals surface area (Å²) in [5.74, 6) is -2.55. The molecule has 1 aromatic carbocycles. The van der Waals surface area contributed by atoms with Crippen LogP contribution in [0.1, 0.15) is 13.8 Å². The minimum Gasteiger partial charge on any atom is -0.399 e. The van der Waals surface area contributed by atoms with E-state index in [9.17, 15) is 17.8 Å². The zero-order chi connectivity index (χ0) is 13.9. The summed E-state index contributed by atoms with van der Waals surface area (Å²) >= 11 is 0. The summed E-state index contributed by atoms with van der Waals surface area (Å²) in [5, 5.41) is 1.40. The fourth-order valence-corrected chi connectivity index (χ4v) is 2.50. The van der Waals surface area contributed by atoms with Gasteiger partial charge in [-0.3, -0.25) is 9.00 Å². The van der Waals surface area contributed by atoms with E-state index in [0.29, 0.717) is 6.54 Å². The van der Waals surface area contributed by atoms with E-state index in [4.69, 9.17) is 5.73 Å². The average Bonchev–Trinajstić information content (AvgIpc) is 2.26. The molecule has 1 amide bonds. The highest BCUT2D eigenvalue weighted by Gasteiger charge is 2.26. The zero-order valence-corrected chi connectivity index (χ0v) is 10.8. The molecule has 0 aliphatic carbocycles. The Hall–Kier alpha value is -1.50. The maximum atomic E-state index is 13.5. The molecule has 0 aliphatic heterocycles. The van der Waals surface area contributed by atoms with Crippen molar-refractivity contribution in [1.82, 2.24) is 5.32 Å². The number of hydrogen-bond acceptors (Lipinski definition) is 3. The van der Waals surface area contributed by atoms with Crippen molar-refractivity contribution in [2.75, 3.05) is 12.3 Å². The number of carbonyl (C=O) groups is 1. The summed E-state index contributed by atoms with van der Waals surface area (Å²) in [6.45, 7) is 3.39. The molecule has 7 heteroatoms. The molecular formula is C11H14F2N2O2S. The smallest absolute Gasteiger partial charge is 0.235 e. The first-order valence-electron chi connectivity index (χ1n) is 5.31. The summed E-state index contributed by atoms with van der Waals surface area (Å²) in [6, 6.07) is 1.75. The number of nitrogens with two attached hydrogens (primary N) is 1. The van der Waals surface area contributed by atoms with E-state index in [-0.39, 0.29) is 5.69 Å². The fourth-order valence-electron chi connectivity index (χ4n) is 1.36. The number of hydrogen-bond donors (Lipinski definition) is 2. The van der Waals surface area contributed by atoms with Crippen molar-refractivity contribution in [3.63, 3.8) is 0 Å². The number of rotatable bonds is 4. The summed E-state index contributed by atoms with van der Waals surface area (Å²) < 4.78 is 39.0. The minimum absolute atomic E-state index is 0.101. The lowest BCUT2D eigenvalue weighted by molar-refractivity contribution is -0.120. The van der Waals surface area contributed by atoms with E-state index in [2.05, 4.69) is 5.32 Å². The van der Waals surface area contributed by atoms with Gasteiger partial charge in [-0.25, -0.2) is 8.78 Å². The second-order valence-electron chi connectivity index (χ2n) is 3.65. The van der Waals surface area contributed by atoms with Gasteiger partial charge in [0, 0.05) is 12.2 Å². The molecule has 0 fully saturated rings. The van der Waals surface area contributed by atoms with Crippen LogP contribution in [0.25, 0.3) is 0 Å². The van der Waals surface area contributed by atoms with Crippen LogP contribution in [0.3, 0.4) is 0 Å². The van der Waals surface area contributed by atoms with E-state index in [0.717, 1.165) is 12.1 Å². The topological polar surface area (TPSA) is 72.2 Å². The molecular weight excluding hydrogens is 262 g/mol. The summed E-state index contributed by atoms with van der Waals surface area (Å²) in [5.41, 5.74) is 5.15. The average molecular weight is 276 g/mol. The van der Waals surface area contributed by atoms with Crippen LogP contribution in [0, 0.1) is 11.6 Å². The molecule has 2 unspecified atom stereocenters. The first kappa shape index (κ1) is 14.6. The molecule has 2 atom stereocenters. The standard InChI is InChI=1S/C11H14F2N2O2S/c1-3-15-11(16)6(2)18(17)10-8(12)4-7(14)5-9(10)13/h4-6H,3,14H2,1-2H3,(H,15,16). The molecule has 18 heavy (non-hydrogen) atoms. The number of anilines is 1. The predicted molar refractivity (Wildman–Crippen MR) is 65.3 cm³/mol. The van der Waals surface area contributed by atoms with Gasteiger partial charge in [0.15, 0.2) is 0 Å². The van der Waals surface area contributed by atoms with Crippen LogP contribution >= 0.6 is 0 Å². The number of nitrogens with one attached hydrogen (secondary N) is 1. The molecule has 0 aliphatic rings. The minimum atomic E-state index is -2.11. The largest absolute Gasteiger partial charge is 0.399 e. The van der Waals surface area contributed by atoms with Crippen molar-refractivity contribution in [2.45, 2.75) is 24.0 Å². The van der Waals surface area contributed by atoms with Crippen molar-refractivity contribution >= 4 is 22.4 Å². The van der Waals surface area contributed by atoms with Gasteiger partial charge in [0.2, 0.25) is 5.91 Å². The zero-order valence-electron chi connectivity index (χ0n) is 10.00.